The first-order chi connectivity index (χ1) is 6.72. The molecule has 0 saturated heterocycles. The molecule has 2 heteroatoms. The van der Waals surface area contributed by atoms with Gasteiger partial charge >= 0.3 is 0 Å². The second-order valence-electron chi connectivity index (χ2n) is 4.88. The first-order valence-electron chi connectivity index (χ1n) is 6.10. The van der Waals surface area contributed by atoms with E-state index in [1.54, 1.807) is 0 Å². The fourth-order valence-electron chi connectivity index (χ4n) is 2.14. The predicted molar refractivity (Wildman–Crippen MR) is 62.6 cm³/mol. The van der Waals surface area contributed by atoms with Crippen LogP contribution in [0.4, 0.5) is 0 Å². The first kappa shape index (κ1) is 12.0. The standard InChI is InChI=1S/C12H26N2/c1-4-13-12(8-9-14(2)3)10-11-6-5-7-11/h11-13H,4-10H2,1-3H3. The van der Waals surface area contributed by atoms with Gasteiger partial charge in [0.25, 0.3) is 0 Å². The Labute approximate surface area is 89.1 Å². The number of hydrogen-bond donors (Lipinski definition) is 1. The van der Waals surface area contributed by atoms with E-state index < -0.39 is 0 Å². The van der Waals surface area contributed by atoms with Gasteiger partial charge in [0.2, 0.25) is 0 Å². The van der Waals surface area contributed by atoms with Crippen molar-refractivity contribution < 1.29 is 0 Å². The van der Waals surface area contributed by atoms with Crippen LogP contribution in [0.2, 0.25) is 0 Å². The minimum absolute atomic E-state index is 0.757. The first-order valence-corrected chi connectivity index (χ1v) is 6.10. The number of hydrogen-bond acceptors (Lipinski definition) is 2. The Morgan fingerprint density at radius 1 is 1.36 bits per heavy atom. The van der Waals surface area contributed by atoms with E-state index in [0.717, 1.165) is 18.5 Å². The van der Waals surface area contributed by atoms with Crippen LogP contribution in [-0.2, 0) is 0 Å². The Morgan fingerprint density at radius 3 is 2.50 bits per heavy atom. The van der Waals surface area contributed by atoms with Crippen LogP contribution in [0.3, 0.4) is 0 Å². The van der Waals surface area contributed by atoms with E-state index in [1.807, 2.05) is 0 Å². The lowest BCUT2D eigenvalue weighted by atomic mass is 9.80. The lowest BCUT2D eigenvalue weighted by Gasteiger charge is -2.30. The summed E-state index contributed by atoms with van der Waals surface area (Å²) in [5.74, 6) is 1.03. The van der Waals surface area contributed by atoms with Gasteiger partial charge in [-0.1, -0.05) is 26.2 Å². The molecule has 1 saturated carbocycles. The van der Waals surface area contributed by atoms with E-state index in [2.05, 4.69) is 31.2 Å². The molecule has 2 nitrogen and oxygen atoms in total. The van der Waals surface area contributed by atoms with Gasteiger partial charge in [0.05, 0.1) is 0 Å². The average Bonchev–Trinajstić information content (AvgIpc) is 2.06. The molecule has 0 aromatic rings. The van der Waals surface area contributed by atoms with Crippen molar-refractivity contribution >= 4 is 0 Å². The molecule has 14 heavy (non-hydrogen) atoms. The maximum atomic E-state index is 3.61. The Hall–Kier alpha value is -0.0800. The molecule has 1 unspecified atom stereocenters. The zero-order valence-corrected chi connectivity index (χ0v) is 10.1. The molecule has 0 amide bonds. The Balaban J connectivity index is 2.15. The Morgan fingerprint density at radius 2 is 2.07 bits per heavy atom. The van der Waals surface area contributed by atoms with E-state index >= 15 is 0 Å². The summed E-state index contributed by atoms with van der Waals surface area (Å²) in [5.41, 5.74) is 0. The summed E-state index contributed by atoms with van der Waals surface area (Å²) in [6, 6.07) is 0.757. The molecule has 0 aromatic carbocycles. The van der Waals surface area contributed by atoms with Crippen molar-refractivity contribution in [1.29, 1.82) is 0 Å². The fourth-order valence-corrected chi connectivity index (χ4v) is 2.14. The average molecular weight is 198 g/mol. The van der Waals surface area contributed by atoms with Crippen molar-refractivity contribution in [2.75, 3.05) is 27.2 Å². The molecular weight excluding hydrogens is 172 g/mol. The Kier molecular flexibility index (Phi) is 5.49. The van der Waals surface area contributed by atoms with E-state index in [-0.39, 0.29) is 0 Å². The summed E-state index contributed by atoms with van der Waals surface area (Å²) in [7, 11) is 4.32. The largest absolute Gasteiger partial charge is 0.314 e. The van der Waals surface area contributed by atoms with E-state index in [1.165, 1.54) is 38.6 Å². The molecular formula is C12H26N2. The van der Waals surface area contributed by atoms with Crippen molar-refractivity contribution in [2.24, 2.45) is 5.92 Å². The smallest absolute Gasteiger partial charge is 0.00817 e. The van der Waals surface area contributed by atoms with Crippen molar-refractivity contribution in [3.8, 4) is 0 Å². The monoisotopic (exact) mass is 198 g/mol. The van der Waals surface area contributed by atoms with Crippen LogP contribution >= 0.6 is 0 Å². The minimum Gasteiger partial charge on any atom is -0.314 e. The highest BCUT2D eigenvalue weighted by atomic mass is 15.1. The molecule has 0 bridgehead atoms. The highest BCUT2D eigenvalue weighted by molar-refractivity contribution is 4.77. The van der Waals surface area contributed by atoms with Gasteiger partial charge in [0, 0.05) is 6.04 Å². The maximum Gasteiger partial charge on any atom is 0.00817 e. The zero-order chi connectivity index (χ0) is 10.4. The molecule has 0 spiro atoms. The SMILES string of the molecule is CCNC(CCN(C)C)CC1CCC1. The van der Waals surface area contributed by atoms with Crippen molar-refractivity contribution in [1.82, 2.24) is 10.2 Å². The van der Waals surface area contributed by atoms with E-state index in [0.29, 0.717) is 0 Å². The van der Waals surface area contributed by atoms with Gasteiger partial charge in [-0.3, -0.25) is 0 Å². The highest BCUT2D eigenvalue weighted by Gasteiger charge is 2.21. The third kappa shape index (κ3) is 4.43. The van der Waals surface area contributed by atoms with Crippen LogP contribution in [0.5, 0.6) is 0 Å². The van der Waals surface area contributed by atoms with Crippen LogP contribution < -0.4 is 5.32 Å². The summed E-state index contributed by atoms with van der Waals surface area (Å²) >= 11 is 0. The van der Waals surface area contributed by atoms with Crippen molar-refractivity contribution in [3.05, 3.63) is 0 Å². The van der Waals surface area contributed by atoms with Gasteiger partial charge in [-0.25, -0.2) is 0 Å². The van der Waals surface area contributed by atoms with E-state index in [9.17, 15) is 0 Å². The van der Waals surface area contributed by atoms with Gasteiger partial charge in [0.1, 0.15) is 0 Å². The molecule has 0 heterocycles. The molecule has 1 N–H and O–H groups in total. The minimum atomic E-state index is 0.757. The summed E-state index contributed by atoms with van der Waals surface area (Å²) in [6.07, 6.45) is 7.13. The molecule has 1 atom stereocenters. The summed E-state index contributed by atoms with van der Waals surface area (Å²) in [4.78, 5) is 2.28. The van der Waals surface area contributed by atoms with Crippen LogP contribution in [-0.4, -0.2) is 38.1 Å². The molecule has 1 rings (SSSR count). The van der Waals surface area contributed by atoms with Gasteiger partial charge in [-0.2, -0.15) is 0 Å². The summed E-state index contributed by atoms with van der Waals surface area (Å²) in [5, 5.41) is 3.61. The summed E-state index contributed by atoms with van der Waals surface area (Å²) in [6.45, 7) is 4.54. The second kappa shape index (κ2) is 6.41. The second-order valence-corrected chi connectivity index (χ2v) is 4.88. The highest BCUT2D eigenvalue weighted by Crippen LogP contribution is 2.30. The molecule has 1 fully saturated rings. The van der Waals surface area contributed by atoms with Crippen LogP contribution in [0.25, 0.3) is 0 Å². The molecule has 1 aliphatic rings. The van der Waals surface area contributed by atoms with Gasteiger partial charge < -0.3 is 10.2 Å². The lowest BCUT2D eigenvalue weighted by molar-refractivity contribution is 0.245. The van der Waals surface area contributed by atoms with Crippen LogP contribution in [0, 0.1) is 5.92 Å². The van der Waals surface area contributed by atoms with Gasteiger partial charge in [-0.05, 0) is 45.9 Å². The predicted octanol–water partition coefficient (Wildman–Crippen LogP) is 2.11. The number of nitrogens with zero attached hydrogens (tertiary/aromatic N) is 1. The third-order valence-corrected chi connectivity index (χ3v) is 3.26. The maximum absolute atomic E-state index is 3.61. The Bertz CT molecular complexity index is 141. The normalized spacial score (nSPS) is 19.7. The molecule has 0 aliphatic heterocycles. The molecule has 0 radical (unpaired) electrons. The topological polar surface area (TPSA) is 15.3 Å². The fraction of sp³-hybridized carbons (Fsp3) is 1.00. The molecule has 84 valence electrons. The third-order valence-electron chi connectivity index (χ3n) is 3.26. The van der Waals surface area contributed by atoms with Crippen LogP contribution in [0.1, 0.15) is 39.0 Å². The lowest BCUT2D eigenvalue weighted by Crippen LogP contribution is -2.35. The van der Waals surface area contributed by atoms with Crippen LogP contribution in [0.15, 0.2) is 0 Å². The van der Waals surface area contributed by atoms with Gasteiger partial charge in [-0.15, -0.1) is 0 Å². The van der Waals surface area contributed by atoms with Crippen molar-refractivity contribution in [3.63, 3.8) is 0 Å². The quantitative estimate of drug-likeness (QED) is 0.674. The van der Waals surface area contributed by atoms with E-state index in [4.69, 9.17) is 0 Å². The van der Waals surface area contributed by atoms with Gasteiger partial charge in [0.15, 0.2) is 0 Å². The summed E-state index contributed by atoms with van der Waals surface area (Å²) < 4.78 is 0. The molecule has 0 aromatic heterocycles. The molecule has 1 aliphatic carbocycles. The number of nitrogens with one attached hydrogen (secondary N) is 1. The van der Waals surface area contributed by atoms with Crippen molar-refractivity contribution in [2.45, 2.75) is 45.1 Å². The number of rotatable bonds is 7. The zero-order valence-electron chi connectivity index (χ0n) is 10.1.